The molecular formula is C23H22ClN3. The van der Waals surface area contributed by atoms with Gasteiger partial charge < -0.3 is 4.98 Å². The summed E-state index contributed by atoms with van der Waals surface area (Å²) in [6, 6.07) is 12.9. The van der Waals surface area contributed by atoms with E-state index in [9.17, 15) is 0 Å². The standard InChI is InChI=1S/C23H22ClN3/c24-19-4-1-3-18(13-19)23-22(16-6-9-25-10-7-16)21(15-26-23)17-8-12-27-11-2-5-20(27)14-17/h1,3-4,6-10,13,15,20,26H,2,5,11-12,14H2. The molecule has 3 nitrogen and oxygen atoms in total. The van der Waals surface area contributed by atoms with Crippen molar-refractivity contribution in [1.82, 2.24) is 14.9 Å². The third kappa shape index (κ3) is 3.11. The predicted octanol–water partition coefficient (Wildman–Crippen LogP) is 5.65. The van der Waals surface area contributed by atoms with Gasteiger partial charge in [0.05, 0.1) is 5.69 Å². The summed E-state index contributed by atoms with van der Waals surface area (Å²) >= 11 is 6.27. The van der Waals surface area contributed by atoms with Crippen LogP contribution >= 0.6 is 11.6 Å². The quantitative estimate of drug-likeness (QED) is 0.641. The van der Waals surface area contributed by atoms with Gasteiger partial charge in [-0.05, 0) is 61.2 Å². The summed E-state index contributed by atoms with van der Waals surface area (Å²) in [6.45, 7) is 2.31. The second-order valence-electron chi connectivity index (χ2n) is 7.42. The molecule has 4 heteroatoms. The average Bonchev–Trinajstić information content (AvgIpc) is 3.35. The number of benzene rings is 1. The van der Waals surface area contributed by atoms with Crippen molar-refractivity contribution in [3.63, 3.8) is 0 Å². The van der Waals surface area contributed by atoms with Crippen molar-refractivity contribution in [3.05, 3.63) is 71.7 Å². The summed E-state index contributed by atoms with van der Waals surface area (Å²) in [6.07, 6.45) is 12.1. The van der Waals surface area contributed by atoms with E-state index >= 15 is 0 Å². The molecule has 0 saturated carbocycles. The lowest BCUT2D eigenvalue weighted by atomic mass is 9.89. The van der Waals surface area contributed by atoms with Crippen molar-refractivity contribution in [2.75, 3.05) is 13.1 Å². The number of fused-ring (bicyclic) bond motifs is 1. The summed E-state index contributed by atoms with van der Waals surface area (Å²) in [5.74, 6) is 0. The van der Waals surface area contributed by atoms with Gasteiger partial charge in [-0.3, -0.25) is 9.88 Å². The maximum Gasteiger partial charge on any atom is 0.0540 e. The van der Waals surface area contributed by atoms with Gasteiger partial charge in [0, 0.05) is 52.9 Å². The van der Waals surface area contributed by atoms with Gasteiger partial charge in [0.1, 0.15) is 0 Å². The molecule has 1 saturated heterocycles. The van der Waals surface area contributed by atoms with Crippen molar-refractivity contribution >= 4 is 17.2 Å². The first-order valence-corrected chi connectivity index (χ1v) is 9.98. The van der Waals surface area contributed by atoms with Crippen LogP contribution in [0.25, 0.3) is 28.0 Å². The molecule has 0 spiro atoms. The molecule has 5 rings (SSSR count). The third-order valence-corrected chi connectivity index (χ3v) is 6.07. The number of nitrogens with zero attached hydrogens (tertiary/aromatic N) is 2. The highest BCUT2D eigenvalue weighted by Crippen LogP contribution is 2.41. The van der Waals surface area contributed by atoms with Crippen molar-refractivity contribution in [1.29, 1.82) is 0 Å². The second-order valence-corrected chi connectivity index (χ2v) is 7.86. The molecule has 136 valence electrons. The Morgan fingerprint density at radius 2 is 2.00 bits per heavy atom. The summed E-state index contributed by atoms with van der Waals surface area (Å²) in [4.78, 5) is 10.4. The van der Waals surface area contributed by atoms with E-state index in [1.54, 1.807) is 0 Å². The van der Waals surface area contributed by atoms with Crippen LogP contribution in [-0.4, -0.2) is 34.0 Å². The maximum atomic E-state index is 6.27. The molecule has 0 aliphatic carbocycles. The number of aromatic nitrogens is 2. The van der Waals surface area contributed by atoms with Gasteiger partial charge in [-0.15, -0.1) is 0 Å². The third-order valence-electron chi connectivity index (χ3n) is 5.84. The number of H-pyrrole nitrogens is 1. The van der Waals surface area contributed by atoms with E-state index in [0.717, 1.165) is 29.2 Å². The summed E-state index contributed by atoms with van der Waals surface area (Å²) in [7, 11) is 0. The number of halogens is 1. The first-order chi connectivity index (χ1) is 13.3. The molecule has 1 unspecified atom stereocenters. The molecule has 2 aliphatic rings. The summed E-state index contributed by atoms with van der Waals surface area (Å²) in [5, 5.41) is 0.753. The first kappa shape index (κ1) is 16.8. The molecule has 1 atom stereocenters. The van der Waals surface area contributed by atoms with Crippen molar-refractivity contribution < 1.29 is 0 Å². The molecule has 1 fully saturated rings. The Kier molecular flexibility index (Phi) is 4.35. The predicted molar refractivity (Wildman–Crippen MR) is 112 cm³/mol. The van der Waals surface area contributed by atoms with E-state index in [0.29, 0.717) is 6.04 Å². The van der Waals surface area contributed by atoms with Gasteiger partial charge in [0.25, 0.3) is 0 Å². The minimum Gasteiger partial charge on any atom is -0.360 e. The lowest BCUT2D eigenvalue weighted by Gasteiger charge is -2.29. The van der Waals surface area contributed by atoms with Crippen molar-refractivity contribution in [2.45, 2.75) is 25.3 Å². The smallest absolute Gasteiger partial charge is 0.0540 e. The minimum atomic E-state index is 0.694. The van der Waals surface area contributed by atoms with Crippen LogP contribution in [0.5, 0.6) is 0 Å². The number of nitrogens with one attached hydrogen (secondary N) is 1. The number of aromatic amines is 1. The molecule has 0 bridgehead atoms. The van der Waals surface area contributed by atoms with Gasteiger partial charge in [-0.25, -0.2) is 0 Å². The van der Waals surface area contributed by atoms with Crippen LogP contribution in [0.4, 0.5) is 0 Å². The normalized spacial score (nSPS) is 19.7. The fraction of sp³-hybridized carbons (Fsp3) is 0.261. The summed E-state index contributed by atoms with van der Waals surface area (Å²) < 4.78 is 0. The molecule has 2 aromatic heterocycles. The van der Waals surface area contributed by atoms with Crippen LogP contribution in [0.15, 0.2) is 61.1 Å². The monoisotopic (exact) mass is 375 g/mol. The van der Waals surface area contributed by atoms with Gasteiger partial charge in [0.2, 0.25) is 0 Å². The number of rotatable bonds is 3. The Labute approximate surface area is 164 Å². The minimum absolute atomic E-state index is 0.694. The van der Waals surface area contributed by atoms with Gasteiger partial charge in [-0.2, -0.15) is 0 Å². The van der Waals surface area contributed by atoms with E-state index in [4.69, 9.17) is 11.6 Å². The molecule has 1 aromatic carbocycles. The van der Waals surface area contributed by atoms with Crippen LogP contribution < -0.4 is 0 Å². The fourth-order valence-corrected chi connectivity index (χ4v) is 4.71. The molecule has 0 radical (unpaired) electrons. The number of hydrogen-bond donors (Lipinski definition) is 1. The van der Waals surface area contributed by atoms with Crippen LogP contribution in [0.1, 0.15) is 24.8 Å². The van der Waals surface area contributed by atoms with Gasteiger partial charge in [-0.1, -0.05) is 29.8 Å². The second kappa shape index (κ2) is 6.99. The zero-order valence-corrected chi connectivity index (χ0v) is 15.9. The highest BCUT2D eigenvalue weighted by molar-refractivity contribution is 6.30. The van der Waals surface area contributed by atoms with Crippen LogP contribution in [0.3, 0.4) is 0 Å². The molecule has 3 aromatic rings. The van der Waals surface area contributed by atoms with E-state index in [1.165, 1.54) is 41.6 Å². The molecular weight excluding hydrogens is 354 g/mol. The highest BCUT2D eigenvalue weighted by atomic mass is 35.5. The van der Waals surface area contributed by atoms with E-state index < -0.39 is 0 Å². The Morgan fingerprint density at radius 3 is 2.85 bits per heavy atom. The van der Waals surface area contributed by atoms with Crippen LogP contribution in [-0.2, 0) is 0 Å². The maximum absolute atomic E-state index is 6.27. The number of hydrogen-bond acceptors (Lipinski definition) is 2. The van der Waals surface area contributed by atoms with E-state index in [2.05, 4.69) is 45.3 Å². The Hall–Kier alpha value is -2.36. The molecule has 0 amide bonds. The van der Waals surface area contributed by atoms with Gasteiger partial charge in [0.15, 0.2) is 0 Å². The largest absolute Gasteiger partial charge is 0.360 e. The highest BCUT2D eigenvalue weighted by Gasteiger charge is 2.29. The van der Waals surface area contributed by atoms with Crippen molar-refractivity contribution in [3.8, 4) is 22.4 Å². The zero-order valence-electron chi connectivity index (χ0n) is 15.2. The lowest BCUT2D eigenvalue weighted by Crippen LogP contribution is -2.32. The topological polar surface area (TPSA) is 31.9 Å². The Bertz CT molecular complexity index is 990. The number of pyridine rings is 1. The lowest BCUT2D eigenvalue weighted by molar-refractivity contribution is 0.275. The first-order valence-electron chi connectivity index (χ1n) is 9.61. The SMILES string of the molecule is Clc1cccc(-c2[nH]cc(C3=CCN4CCCC4C3)c2-c2ccncc2)c1. The Balaban J connectivity index is 1.64. The van der Waals surface area contributed by atoms with E-state index in [1.807, 2.05) is 30.6 Å². The Morgan fingerprint density at radius 1 is 1.11 bits per heavy atom. The van der Waals surface area contributed by atoms with Crippen LogP contribution in [0, 0.1) is 0 Å². The summed E-state index contributed by atoms with van der Waals surface area (Å²) in [5.41, 5.74) is 7.42. The fourth-order valence-electron chi connectivity index (χ4n) is 4.52. The van der Waals surface area contributed by atoms with Crippen molar-refractivity contribution in [2.24, 2.45) is 0 Å². The van der Waals surface area contributed by atoms with Crippen LogP contribution in [0.2, 0.25) is 5.02 Å². The molecule has 2 aliphatic heterocycles. The van der Waals surface area contributed by atoms with Gasteiger partial charge >= 0.3 is 0 Å². The van der Waals surface area contributed by atoms with E-state index in [-0.39, 0.29) is 0 Å². The molecule has 1 N–H and O–H groups in total. The zero-order chi connectivity index (χ0) is 18.2. The molecule has 4 heterocycles. The molecule has 27 heavy (non-hydrogen) atoms. The average molecular weight is 376 g/mol.